The summed E-state index contributed by atoms with van der Waals surface area (Å²) >= 11 is 0. The van der Waals surface area contributed by atoms with Gasteiger partial charge in [-0.2, -0.15) is 4.80 Å². The van der Waals surface area contributed by atoms with Crippen molar-refractivity contribution >= 4 is 11.8 Å². The maximum Gasteiger partial charge on any atom is 0.246 e. The highest BCUT2D eigenvalue weighted by atomic mass is 16.2. The largest absolute Gasteiger partial charge is 0.353 e. The number of carbonyl (C=O) groups excluding carboxylic acids is 2. The van der Waals surface area contributed by atoms with Crippen molar-refractivity contribution in [1.82, 2.24) is 35.3 Å². The number of piperazine rings is 1. The predicted octanol–water partition coefficient (Wildman–Crippen LogP) is 0.00890. The average molecular weight is 371 g/mol. The number of tetrazole rings is 1. The van der Waals surface area contributed by atoms with Crippen LogP contribution >= 0.6 is 0 Å². The summed E-state index contributed by atoms with van der Waals surface area (Å²) in [6, 6.07) is 9.67. The molecule has 144 valence electrons. The lowest BCUT2D eigenvalue weighted by molar-refractivity contribution is -0.134. The fraction of sp³-hybridized carbons (Fsp3) is 0.500. The minimum Gasteiger partial charge on any atom is -0.353 e. The van der Waals surface area contributed by atoms with E-state index in [-0.39, 0.29) is 24.4 Å². The Hall–Kier alpha value is -2.81. The van der Waals surface area contributed by atoms with Crippen LogP contribution in [0.4, 0.5) is 0 Å². The lowest BCUT2D eigenvalue weighted by Gasteiger charge is -2.34. The first-order valence-electron chi connectivity index (χ1n) is 9.14. The molecule has 1 aliphatic rings. The molecule has 0 aliphatic carbocycles. The second-order valence-corrected chi connectivity index (χ2v) is 6.89. The topological polar surface area (TPSA) is 96.2 Å². The van der Waals surface area contributed by atoms with Crippen LogP contribution in [-0.2, 0) is 16.1 Å². The molecule has 1 aliphatic heterocycles. The van der Waals surface area contributed by atoms with Crippen LogP contribution in [0.15, 0.2) is 30.3 Å². The van der Waals surface area contributed by atoms with E-state index in [1.807, 2.05) is 44.2 Å². The van der Waals surface area contributed by atoms with Crippen LogP contribution in [0, 0.1) is 0 Å². The van der Waals surface area contributed by atoms with Crippen molar-refractivity contribution < 1.29 is 9.59 Å². The van der Waals surface area contributed by atoms with E-state index in [1.54, 1.807) is 4.90 Å². The number of hydrogen-bond donors (Lipinski definition) is 1. The van der Waals surface area contributed by atoms with Gasteiger partial charge in [0.15, 0.2) is 0 Å². The van der Waals surface area contributed by atoms with Gasteiger partial charge in [-0.25, -0.2) is 0 Å². The van der Waals surface area contributed by atoms with E-state index < -0.39 is 0 Å². The van der Waals surface area contributed by atoms with E-state index in [0.717, 1.165) is 5.56 Å². The molecular formula is C18H25N7O2. The summed E-state index contributed by atoms with van der Waals surface area (Å²) in [5.74, 6) is 0.479. The lowest BCUT2D eigenvalue weighted by atomic mass is 10.2. The maximum absolute atomic E-state index is 12.5. The van der Waals surface area contributed by atoms with Crippen LogP contribution in [0.1, 0.15) is 13.8 Å². The van der Waals surface area contributed by atoms with E-state index in [1.165, 1.54) is 4.80 Å². The molecule has 0 bridgehead atoms. The van der Waals surface area contributed by atoms with Gasteiger partial charge in [0.1, 0.15) is 6.54 Å². The first-order valence-corrected chi connectivity index (χ1v) is 9.14. The Bertz CT molecular complexity index is 767. The quantitative estimate of drug-likeness (QED) is 0.768. The third kappa shape index (κ3) is 5.33. The maximum atomic E-state index is 12.5. The molecule has 9 heteroatoms. The van der Waals surface area contributed by atoms with Crippen LogP contribution in [0.2, 0.25) is 0 Å². The molecule has 1 aromatic heterocycles. The van der Waals surface area contributed by atoms with E-state index in [2.05, 4.69) is 25.6 Å². The van der Waals surface area contributed by atoms with Crippen molar-refractivity contribution in [1.29, 1.82) is 0 Å². The second-order valence-electron chi connectivity index (χ2n) is 6.89. The molecule has 9 nitrogen and oxygen atoms in total. The number of amides is 2. The molecule has 0 atom stereocenters. The van der Waals surface area contributed by atoms with Crippen LogP contribution < -0.4 is 5.32 Å². The van der Waals surface area contributed by atoms with Crippen LogP contribution in [0.25, 0.3) is 11.4 Å². The molecule has 1 aromatic carbocycles. The van der Waals surface area contributed by atoms with Gasteiger partial charge in [-0.05, 0) is 19.1 Å². The highest BCUT2D eigenvalue weighted by Crippen LogP contribution is 2.12. The summed E-state index contributed by atoms with van der Waals surface area (Å²) in [4.78, 5) is 29.5. The molecule has 27 heavy (non-hydrogen) atoms. The zero-order chi connectivity index (χ0) is 19.2. The van der Waals surface area contributed by atoms with Crippen LogP contribution in [0.3, 0.4) is 0 Å². The van der Waals surface area contributed by atoms with Crippen LogP contribution in [-0.4, -0.2) is 80.6 Å². The summed E-state index contributed by atoms with van der Waals surface area (Å²) in [5, 5.41) is 15.2. The van der Waals surface area contributed by atoms with Crippen LogP contribution in [0.5, 0.6) is 0 Å². The zero-order valence-corrected chi connectivity index (χ0v) is 15.7. The van der Waals surface area contributed by atoms with Gasteiger partial charge in [-0.1, -0.05) is 30.3 Å². The summed E-state index contributed by atoms with van der Waals surface area (Å²) in [6.07, 6.45) is 0. The molecule has 1 N–H and O–H groups in total. The van der Waals surface area contributed by atoms with E-state index >= 15 is 0 Å². The Balaban J connectivity index is 1.47. The number of rotatable bonds is 6. The van der Waals surface area contributed by atoms with Gasteiger partial charge in [0.05, 0.1) is 6.54 Å². The molecule has 0 saturated carbocycles. The van der Waals surface area contributed by atoms with Crippen molar-refractivity contribution in [3.63, 3.8) is 0 Å². The van der Waals surface area contributed by atoms with Gasteiger partial charge in [-0.3, -0.25) is 14.5 Å². The van der Waals surface area contributed by atoms with Gasteiger partial charge >= 0.3 is 0 Å². The number of nitrogens with zero attached hydrogens (tertiary/aromatic N) is 6. The number of carbonyl (C=O) groups is 2. The van der Waals surface area contributed by atoms with Gasteiger partial charge in [0.25, 0.3) is 0 Å². The second kappa shape index (κ2) is 8.72. The Morgan fingerprint density at radius 3 is 2.44 bits per heavy atom. The first kappa shape index (κ1) is 19.0. The third-order valence-electron chi connectivity index (χ3n) is 4.30. The van der Waals surface area contributed by atoms with Crippen molar-refractivity contribution in [2.24, 2.45) is 0 Å². The Kier molecular flexibility index (Phi) is 6.12. The minimum absolute atomic E-state index is 0.0185. The standard InChI is InChI=1S/C18H25N7O2/c1-14(2)19-16(26)12-23-8-10-24(11-9-23)17(27)13-25-21-18(20-22-25)15-6-4-3-5-7-15/h3-7,14H,8-13H2,1-2H3,(H,19,26). The van der Waals surface area contributed by atoms with Gasteiger partial charge in [-0.15, -0.1) is 10.2 Å². The molecule has 0 spiro atoms. The minimum atomic E-state index is -0.0432. The number of benzene rings is 1. The highest BCUT2D eigenvalue weighted by molar-refractivity contribution is 5.78. The van der Waals surface area contributed by atoms with Crippen molar-refractivity contribution in [2.75, 3.05) is 32.7 Å². The van der Waals surface area contributed by atoms with Gasteiger partial charge < -0.3 is 10.2 Å². The molecule has 2 aromatic rings. The Morgan fingerprint density at radius 1 is 1.07 bits per heavy atom. The Labute approximate surface area is 158 Å². The predicted molar refractivity (Wildman–Crippen MR) is 99.6 cm³/mol. The molecule has 0 radical (unpaired) electrons. The molecular weight excluding hydrogens is 346 g/mol. The molecule has 3 rings (SSSR count). The number of nitrogens with one attached hydrogen (secondary N) is 1. The monoisotopic (exact) mass is 371 g/mol. The summed E-state index contributed by atoms with van der Waals surface area (Å²) in [6.45, 7) is 6.85. The fourth-order valence-electron chi connectivity index (χ4n) is 2.96. The van der Waals surface area contributed by atoms with E-state index in [4.69, 9.17) is 0 Å². The SMILES string of the molecule is CC(C)NC(=O)CN1CCN(C(=O)Cn2nnc(-c3ccccc3)n2)CC1. The summed E-state index contributed by atoms with van der Waals surface area (Å²) < 4.78 is 0. The summed E-state index contributed by atoms with van der Waals surface area (Å²) in [7, 11) is 0. The lowest BCUT2D eigenvalue weighted by Crippen LogP contribution is -2.52. The van der Waals surface area contributed by atoms with Crippen molar-refractivity contribution in [3.05, 3.63) is 30.3 Å². The van der Waals surface area contributed by atoms with Crippen molar-refractivity contribution in [2.45, 2.75) is 26.4 Å². The molecule has 0 unspecified atom stereocenters. The zero-order valence-electron chi connectivity index (χ0n) is 15.7. The average Bonchev–Trinajstić information content (AvgIpc) is 3.11. The van der Waals surface area contributed by atoms with E-state index in [9.17, 15) is 9.59 Å². The molecule has 2 amide bonds. The number of aromatic nitrogens is 4. The Morgan fingerprint density at radius 2 is 1.78 bits per heavy atom. The van der Waals surface area contributed by atoms with Gasteiger partial charge in [0.2, 0.25) is 17.6 Å². The van der Waals surface area contributed by atoms with Gasteiger partial charge in [0, 0.05) is 37.8 Å². The first-order chi connectivity index (χ1) is 13.0. The number of hydrogen-bond acceptors (Lipinski definition) is 6. The smallest absolute Gasteiger partial charge is 0.246 e. The highest BCUT2D eigenvalue weighted by Gasteiger charge is 2.23. The summed E-state index contributed by atoms with van der Waals surface area (Å²) in [5.41, 5.74) is 0.865. The molecule has 2 heterocycles. The normalized spacial score (nSPS) is 15.1. The molecule has 1 fully saturated rings. The van der Waals surface area contributed by atoms with E-state index in [0.29, 0.717) is 38.5 Å². The fourth-order valence-corrected chi connectivity index (χ4v) is 2.96. The molecule has 1 saturated heterocycles. The van der Waals surface area contributed by atoms with Crippen molar-refractivity contribution in [3.8, 4) is 11.4 Å². The third-order valence-corrected chi connectivity index (χ3v) is 4.30.